The van der Waals surface area contributed by atoms with Crippen LogP contribution in [0.25, 0.3) is 0 Å². The molecule has 0 saturated carbocycles. The minimum atomic E-state index is -0.663. The van der Waals surface area contributed by atoms with Crippen molar-refractivity contribution in [1.82, 2.24) is 5.32 Å². The lowest BCUT2D eigenvalue weighted by Crippen LogP contribution is -2.45. The SMILES string of the molecule is CCCCCCCCCCCCCCCCCCCCCCCCCCCC(O)C(CO)NC(=O)CCCCCCCCCCCCCCCCCCC/C=C\CCCCCCCCCCCCCCCCOC(=O)CCCCCCCCCCCCCCC. The molecule has 0 aliphatic carbocycles. The van der Waals surface area contributed by atoms with Gasteiger partial charge in [-0.15, -0.1) is 0 Å². The predicted octanol–water partition coefficient (Wildman–Crippen LogP) is 27.8. The number of esters is 1. The minimum Gasteiger partial charge on any atom is -0.466 e. The van der Waals surface area contributed by atoms with Crippen LogP contribution in [0.5, 0.6) is 0 Å². The van der Waals surface area contributed by atoms with Crippen LogP contribution >= 0.6 is 0 Å². The summed E-state index contributed by atoms with van der Waals surface area (Å²) in [4.78, 5) is 24.7. The Kier molecular flexibility index (Phi) is 78.8. The molecule has 90 heavy (non-hydrogen) atoms. The number of allylic oxidation sites excluding steroid dienone is 2. The molecule has 0 aliphatic heterocycles. The topological polar surface area (TPSA) is 95.9 Å². The highest BCUT2D eigenvalue weighted by molar-refractivity contribution is 5.76. The van der Waals surface area contributed by atoms with E-state index in [1.165, 1.54) is 417 Å². The first-order valence-electron chi connectivity index (χ1n) is 41.9. The summed E-state index contributed by atoms with van der Waals surface area (Å²) in [6, 6.07) is -0.540. The molecule has 0 aromatic carbocycles. The molecule has 3 N–H and O–H groups in total. The van der Waals surface area contributed by atoms with Gasteiger partial charge >= 0.3 is 5.97 Å². The first kappa shape index (κ1) is 88.6. The average molecular weight is 1270 g/mol. The molecule has 1 amide bonds. The zero-order chi connectivity index (χ0) is 64.9. The third kappa shape index (κ3) is 75.6. The Labute approximate surface area is 565 Å². The maximum Gasteiger partial charge on any atom is 0.305 e. The third-order valence-electron chi connectivity index (χ3n) is 20.1. The van der Waals surface area contributed by atoms with Gasteiger partial charge in [-0.2, -0.15) is 0 Å². The number of aliphatic hydroxyl groups excluding tert-OH is 2. The van der Waals surface area contributed by atoms with Gasteiger partial charge in [-0.3, -0.25) is 9.59 Å². The molecule has 0 aromatic heterocycles. The van der Waals surface area contributed by atoms with Crippen LogP contribution in [0.15, 0.2) is 12.2 Å². The lowest BCUT2D eigenvalue weighted by atomic mass is 10.0. The number of nitrogens with one attached hydrogen (secondary N) is 1. The number of amides is 1. The molecule has 0 radical (unpaired) electrons. The lowest BCUT2D eigenvalue weighted by Gasteiger charge is -2.22. The quantitative estimate of drug-likeness (QED) is 0.0320. The summed E-state index contributed by atoms with van der Waals surface area (Å²) in [6.45, 7) is 5.02. The number of ether oxygens (including phenoxy) is 1. The van der Waals surface area contributed by atoms with Gasteiger partial charge in [0.05, 0.1) is 25.4 Å². The molecule has 2 atom stereocenters. The molecule has 6 nitrogen and oxygen atoms in total. The van der Waals surface area contributed by atoms with Crippen molar-refractivity contribution in [3.05, 3.63) is 12.2 Å². The predicted molar refractivity (Wildman–Crippen MR) is 398 cm³/mol. The number of aliphatic hydroxyl groups is 2. The fourth-order valence-corrected chi connectivity index (χ4v) is 13.7. The van der Waals surface area contributed by atoms with E-state index < -0.39 is 12.1 Å². The Balaban J connectivity index is 3.34. The van der Waals surface area contributed by atoms with Crippen LogP contribution in [0.1, 0.15) is 489 Å². The monoisotopic (exact) mass is 1270 g/mol. The van der Waals surface area contributed by atoms with Gasteiger partial charge in [0.1, 0.15) is 0 Å². The molecule has 0 rings (SSSR count). The molecule has 0 heterocycles. The van der Waals surface area contributed by atoms with Crippen LogP contribution in [-0.4, -0.2) is 47.4 Å². The van der Waals surface area contributed by atoms with Gasteiger partial charge < -0.3 is 20.3 Å². The van der Waals surface area contributed by atoms with Crippen molar-refractivity contribution in [3.63, 3.8) is 0 Å². The average Bonchev–Trinajstić information content (AvgIpc) is 3.70. The summed E-state index contributed by atoms with van der Waals surface area (Å²) in [7, 11) is 0. The summed E-state index contributed by atoms with van der Waals surface area (Å²) in [6.07, 6.45) is 102. The van der Waals surface area contributed by atoms with Crippen LogP contribution < -0.4 is 5.32 Å². The summed E-state index contributed by atoms with van der Waals surface area (Å²) < 4.78 is 5.50. The molecule has 6 heteroatoms. The van der Waals surface area contributed by atoms with Crippen molar-refractivity contribution in [2.24, 2.45) is 0 Å². The fourth-order valence-electron chi connectivity index (χ4n) is 13.7. The lowest BCUT2D eigenvalue weighted by molar-refractivity contribution is -0.143. The molecule has 0 aromatic rings. The van der Waals surface area contributed by atoms with Crippen LogP contribution in [-0.2, 0) is 14.3 Å². The molecule has 2 unspecified atom stereocenters. The van der Waals surface area contributed by atoms with E-state index in [0.717, 1.165) is 38.5 Å². The van der Waals surface area contributed by atoms with Crippen LogP contribution in [0, 0.1) is 0 Å². The molecule has 0 saturated heterocycles. The van der Waals surface area contributed by atoms with E-state index in [-0.39, 0.29) is 18.5 Å². The number of rotatable bonds is 80. The Morgan fingerprint density at radius 2 is 0.522 bits per heavy atom. The van der Waals surface area contributed by atoms with Crippen LogP contribution in [0.4, 0.5) is 0 Å². The highest BCUT2D eigenvalue weighted by atomic mass is 16.5. The molecule has 0 aliphatic rings. The van der Waals surface area contributed by atoms with Crippen molar-refractivity contribution in [2.45, 2.75) is 501 Å². The highest BCUT2D eigenvalue weighted by Gasteiger charge is 2.20. The Bertz CT molecular complexity index is 1370. The number of carbonyl (C=O) groups is 2. The zero-order valence-corrected chi connectivity index (χ0v) is 61.7. The normalized spacial score (nSPS) is 12.4. The smallest absolute Gasteiger partial charge is 0.305 e. The molecular formula is C84H165NO5. The Morgan fingerprint density at radius 1 is 0.300 bits per heavy atom. The van der Waals surface area contributed by atoms with Gasteiger partial charge in [-0.1, -0.05) is 437 Å². The minimum absolute atomic E-state index is 0.0231. The molecule has 0 bridgehead atoms. The van der Waals surface area contributed by atoms with E-state index >= 15 is 0 Å². The Hall–Kier alpha value is -1.40. The van der Waals surface area contributed by atoms with Crippen LogP contribution in [0.2, 0.25) is 0 Å². The van der Waals surface area contributed by atoms with Gasteiger partial charge in [-0.25, -0.2) is 0 Å². The fraction of sp³-hybridized carbons (Fsp3) is 0.952. The highest BCUT2D eigenvalue weighted by Crippen LogP contribution is 2.21. The van der Waals surface area contributed by atoms with E-state index in [2.05, 4.69) is 31.3 Å². The maximum atomic E-state index is 12.6. The summed E-state index contributed by atoms with van der Waals surface area (Å²) >= 11 is 0. The van der Waals surface area contributed by atoms with Crippen molar-refractivity contribution in [1.29, 1.82) is 0 Å². The van der Waals surface area contributed by atoms with E-state index in [1.54, 1.807) is 0 Å². The second-order valence-corrected chi connectivity index (χ2v) is 29.2. The Morgan fingerprint density at radius 3 is 0.789 bits per heavy atom. The van der Waals surface area contributed by atoms with Gasteiger partial charge in [0, 0.05) is 12.8 Å². The van der Waals surface area contributed by atoms with E-state index in [0.29, 0.717) is 25.9 Å². The molecule has 536 valence electrons. The van der Waals surface area contributed by atoms with Crippen molar-refractivity contribution >= 4 is 11.9 Å². The van der Waals surface area contributed by atoms with E-state index in [4.69, 9.17) is 4.74 Å². The zero-order valence-electron chi connectivity index (χ0n) is 61.7. The summed E-state index contributed by atoms with van der Waals surface area (Å²) in [5, 5.41) is 23.5. The number of unbranched alkanes of at least 4 members (excludes halogenated alkanes) is 67. The van der Waals surface area contributed by atoms with Gasteiger partial charge in [-0.05, 0) is 51.4 Å². The largest absolute Gasteiger partial charge is 0.466 e. The molecule has 0 spiro atoms. The van der Waals surface area contributed by atoms with Gasteiger partial charge in [0.2, 0.25) is 5.91 Å². The third-order valence-corrected chi connectivity index (χ3v) is 20.1. The molecule has 0 fully saturated rings. The van der Waals surface area contributed by atoms with Gasteiger partial charge in [0.25, 0.3) is 0 Å². The standard InChI is InChI=1S/C84H165NO5/c1-3-5-7-9-11-13-15-17-18-19-20-21-22-34-37-40-43-46-49-53-56-60-64-68-72-76-82(87)81(80-86)85-83(88)77-73-69-65-61-57-54-50-47-44-41-38-35-32-30-28-26-24-23-25-27-29-31-33-36-39-42-45-48-51-55-59-63-67-71-75-79-90-84(89)78-74-70-66-62-58-52-16-14-12-10-8-6-4-2/h25,27,81-82,86-87H,3-24,26,28-80H2,1-2H3,(H,85,88)/b27-25-. The second-order valence-electron chi connectivity index (χ2n) is 29.2. The number of hydrogen-bond acceptors (Lipinski definition) is 5. The van der Waals surface area contributed by atoms with Crippen molar-refractivity contribution < 1.29 is 24.5 Å². The van der Waals surface area contributed by atoms with E-state index in [1.807, 2.05) is 0 Å². The second kappa shape index (κ2) is 80.0. The number of carbonyl (C=O) groups excluding carboxylic acids is 2. The van der Waals surface area contributed by atoms with Crippen molar-refractivity contribution in [2.75, 3.05) is 13.2 Å². The van der Waals surface area contributed by atoms with Gasteiger partial charge in [0.15, 0.2) is 0 Å². The molecular weight excluding hydrogens is 1100 g/mol. The van der Waals surface area contributed by atoms with Crippen molar-refractivity contribution in [3.8, 4) is 0 Å². The number of hydrogen-bond donors (Lipinski definition) is 3. The maximum absolute atomic E-state index is 12.6. The summed E-state index contributed by atoms with van der Waals surface area (Å²) in [5.41, 5.74) is 0. The van der Waals surface area contributed by atoms with E-state index in [9.17, 15) is 19.8 Å². The van der Waals surface area contributed by atoms with Crippen LogP contribution in [0.3, 0.4) is 0 Å². The first-order chi connectivity index (χ1) is 44.5. The summed E-state index contributed by atoms with van der Waals surface area (Å²) in [5.74, 6) is -0.00166. The first-order valence-corrected chi connectivity index (χ1v) is 41.9.